The molecule has 0 spiro atoms. The van der Waals surface area contributed by atoms with Crippen molar-refractivity contribution < 1.29 is 9.53 Å². The number of carbonyl (C=O) groups is 1. The molecule has 0 aliphatic rings. The molecule has 8 nitrogen and oxygen atoms in total. The van der Waals surface area contributed by atoms with Gasteiger partial charge in [0.1, 0.15) is 0 Å². The molecule has 1 aromatic carbocycles. The van der Waals surface area contributed by atoms with Crippen LogP contribution in [0.1, 0.15) is 23.9 Å². The van der Waals surface area contributed by atoms with Crippen LogP contribution < -0.4 is 5.56 Å². The number of thiazole rings is 1. The van der Waals surface area contributed by atoms with E-state index in [-0.39, 0.29) is 12.0 Å². The van der Waals surface area contributed by atoms with E-state index >= 15 is 0 Å². The standard InChI is InChI=1S/C21H19N5O3S/c1-12-7-6-10-17(22-12)23-13(2)19-15(11-18(27)29-3)25-26(20(19)28)21-24-14-8-4-5-9-16(14)30-21/h4-10,25H,11H2,1-3H3/b23-13+. The summed E-state index contributed by atoms with van der Waals surface area (Å²) in [6.45, 7) is 3.59. The van der Waals surface area contributed by atoms with Crippen LogP contribution in [0.3, 0.4) is 0 Å². The number of fused-ring (bicyclic) bond motifs is 1. The lowest BCUT2D eigenvalue weighted by Crippen LogP contribution is -2.20. The molecule has 1 N–H and O–H groups in total. The van der Waals surface area contributed by atoms with Crippen molar-refractivity contribution in [3.63, 3.8) is 0 Å². The maximum absolute atomic E-state index is 13.3. The first kappa shape index (κ1) is 19.7. The van der Waals surface area contributed by atoms with Crippen molar-refractivity contribution in [1.29, 1.82) is 0 Å². The van der Waals surface area contributed by atoms with Gasteiger partial charge in [-0.1, -0.05) is 29.5 Å². The van der Waals surface area contributed by atoms with Crippen molar-refractivity contribution in [3.05, 3.63) is 69.8 Å². The minimum atomic E-state index is -0.463. The summed E-state index contributed by atoms with van der Waals surface area (Å²) in [6, 6.07) is 13.1. The van der Waals surface area contributed by atoms with E-state index in [9.17, 15) is 9.59 Å². The number of esters is 1. The van der Waals surface area contributed by atoms with Crippen LogP contribution in [0.5, 0.6) is 0 Å². The highest BCUT2D eigenvalue weighted by molar-refractivity contribution is 7.20. The molecule has 0 bridgehead atoms. The number of methoxy groups -OCH3 is 1. The van der Waals surface area contributed by atoms with E-state index in [1.807, 2.05) is 43.3 Å². The maximum Gasteiger partial charge on any atom is 0.311 e. The molecule has 0 aliphatic carbocycles. The van der Waals surface area contributed by atoms with Crippen LogP contribution in [0.4, 0.5) is 5.82 Å². The minimum Gasteiger partial charge on any atom is -0.469 e. The van der Waals surface area contributed by atoms with Crippen molar-refractivity contribution in [2.45, 2.75) is 20.3 Å². The van der Waals surface area contributed by atoms with Crippen LogP contribution in [0.25, 0.3) is 15.3 Å². The molecule has 3 aromatic heterocycles. The van der Waals surface area contributed by atoms with Gasteiger partial charge in [-0.3, -0.25) is 14.7 Å². The van der Waals surface area contributed by atoms with Gasteiger partial charge in [-0.25, -0.2) is 15.0 Å². The predicted molar refractivity (Wildman–Crippen MR) is 116 cm³/mol. The third kappa shape index (κ3) is 3.79. The number of hydrogen-bond donors (Lipinski definition) is 1. The number of aryl methyl sites for hydroxylation is 1. The Morgan fingerprint density at radius 3 is 2.73 bits per heavy atom. The lowest BCUT2D eigenvalue weighted by atomic mass is 10.1. The molecule has 30 heavy (non-hydrogen) atoms. The maximum atomic E-state index is 13.3. The Morgan fingerprint density at radius 2 is 2.00 bits per heavy atom. The molecule has 0 unspecified atom stereocenters. The highest BCUT2D eigenvalue weighted by Crippen LogP contribution is 2.24. The van der Waals surface area contributed by atoms with E-state index in [2.05, 4.69) is 20.1 Å². The Bertz CT molecular complexity index is 1300. The highest BCUT2D eigenvalue weighted by atomic mass is 32.1. The lowest BCUT2D eigenvalue weighted by Gasteiger charge is -2.02. The summed E-state index contributed by atoms with van der Waals surface area (Å²) in [5, 5.41) is 3.51. The van der Waals surface area contributed by atoms with E-state index in [0.29, 0.717) is 27.9 Å². The summed E-state index contributed by atoms with van der Waals surface area (Å²) in [5.41, 5.74) is 2.46. The number of para-hydroxylation sites is 1. The number of carbonyl (C=O) groups excluding carboxylic acids is 1. The first-order chi connectivity index (χ1) is 14.5. The minimum absolute atomic E-state index is 0.0902. The fourth-order valence-corrected chi connectivity index (χ4v) is 4.03. The largest absolute Gasteiger partial charge is 0.469 e. The van der Waals surface area contributed by atoms with E-state index < -0.39 is 5.97 Å². The Morgan fingerprint density at radius 1 is 1.20 bits per heavy atom. The first-order valence-corrected chi connectivity index (χ1v) is 10.0. The molecular formula is C21H19N5O3S. The smallest absolute Gasteiger partial charge is 0.311 e. The normalized spacial score (nSPS) is 11.8. The molecular weight excluding hydrogens is 402 g/mol. The Labute approximate surface area is 175 Å². The van der Waals surface area contributed by atoms with Crippen LogP contribution in [0.15, 0.2) is 52.3 Å². The summed E-state index contributed by atoms with van der Waals surface area (Å²) in [5.74, 6) is 0.0269. The number of aromatic amines is 1. The van der Waals surface area contributed by atoms with Crippen LogP contribution >= 0.6 is 11.3 Å². The van der Waals surface area contributed by atoms with E-state index in [1.165, 1.54) is 23.1 Å². The lowest BCUT2D eigenvalue weighted by molar-refractivity contribution is -0.139. The number of hydrogen-bond acceptors (Lipinski definition) is 7. The van der Waals surface area contributed by atoms with Gasteiger partial charge in [0.2, 0.25) is 5.13 Å². The monoisotopic (exact) mass is 421 g/mol. The molecule has 4 rings (SSSR count). The number of aromatic nitrogens is 4. The van der Waals surface area contributed by atoms with Gasteiger partial charge in [0.05, 0.1) is 40.7 Å². The molecule has 4 aromatic rings. The second-order valence-corrected chi connectivity index (χ2v) is 7.67. The topological polar surface area (TPSA) is 102 Å². The second-order valence-electron chi connectivity index (χ2n) is 6.66. The number of pyridine rings is 1. The zero-order chi connectivity index (χ0) is 21.3. The van der Waals surface area contributed by atoms with Crippen LogP contribution in [-0.4, -0.2) is 38.5 Å². The molecule has 9 heteroatoms. The molecule has 0 atom stereocenters. The molecule has 0 saturated heterocycles. The van der Waals surface area contributed by atoms with Gasteiger partial charge in [-0.2, -0.15) is 4.68 Å². The number of H-pyrrole nitrogens is 1. The van der Waals surface area contributed by atoms with Gasteiger partial charge in [0, 0.05) is 5.69 Å². The van der Waals surface area contributed by atoms with Gasteiger partial charge < -0.3 is 4.74 Å². The highest BCUT2D eigenvalue weighted by Gasteiger charge is 2.22. The van der Waals surface area contributed by atoms with Crippen LogP contribution in [0.2, 0.25) is 0 Å². The predicted octanol–water partition coefficient (Wildman–Crippen LogP) is 3.33. The average molecular weight is 421 g/mol. The van der Waals surface area contributed by atoms with Gasteiger partial charge >= 0.3 is 5.97 Å². The van der Waals surface area contributed by atoms with Gasteiger partial charge in [0.25, 0.3) is 5.56 Å². The van der Waals surface area contributed by atoms with Gasteiger partial charge in [-0.15, -0.1) is 0 Å². The zero-order valence-electron chi connectivity index (χ0n) is 16.7. The Kier molecular flexibility index (Phi) is 5.28. The molecule has 0 saturated carbocycles. The van der Waals surface area contributed by atoms with Crippen LogP contribution in [-0.2, 0) is 16.0 Å². The molecule has 0 amide bonds. The average Bonchev–Trinajstić information content (AvgIpc) is 3.28. The number of rotatable bonds is 5. The third-order valence-corrected chi connectivity index (χ3v) is 5.53. The summed E-state index contributed by atoms with van der Waals surface area (Å²) < 4.78 is 7.10. The second kappa shape index (κ2) is 8.03. The fraction of sp³-hybridized carbons (Fsp3) is 0.190. The SMILES string of the molecule is COC(=O)Cc1[nH]n(-c2nc3ccccc3s2)c(=O)c1/C(C)=N/c1cccc(C)n1. The molecule has 3 heterocycles. The van der Waals surface area contributed by atoms with Gasteiger partial charge in [-0.05, 0) is 38.1 Å². The number of ether oxygens (including phenoxy) is 1. The summed E-state index contributed by atoms with van der Waals surface area (Å²) in [6.07, 6.45) is -0.0902. The van der Waals surface area contributed by atoms with Crippen molar-refractivity contribution in [2.75, 3.05) is 7.11 Å². The van der Waals surface area contributed by atoms with E-state index in [4.69, 9.17) is 4.74 Å². The third-order valence-electron chi connectivity index (χ3n) is 4.51. The van der Waals surface area contributed by atoms with Gasteiger partial charge in [0.15, 0.2) is 5.82 Å². The zero-order valence-corrected chi connectivity index (χ0v) is 17.5. The van der Waals surface area contributed by atoms with Crippen molar-refractivity contribution >= 4 is 39.1 Å². The fourth-order valence-electron chi connectivity index (χ4n) is 3.11. The number of benzene rings is 1. The molecule has 0 fully saturated rings. The van der Waals surface area contributed by atoms with Crippen LogP contribution in [0, 0.1) is 6.92 Å². The molecule has 0 aliphatic heterocycles. The molecule has 152 valence electrons. The summed E-state index contributed by atoms with van der Waals surface area (Å²) in [4.78, 5) is 38.6. The summed E-state index contributed by atoms with van der Waals surface area (Å²) in [7, 11) is 1.31. The van der Waals surface area contributed by atoms with Crippen molar-refractivity contribution in [2.24, 2.45) is 4.99 Å². The summed E-state index contributed by atoms with van der Waals surface area (Å²) >= 11 is 1.38. The molecule has 0 radical (unpaired) electrons. The first-order valence-electron chi connectivity index (χ1n) is 9.22. The Balaban J connectivity index is 1.85. The number of nitrogens with zero attached hydrogens (tertiary/aromatic N) is 4. The quantitative estimate of drug-likeness (QED) is 0.393. The van der Waals surface area contributed by atoms with E-state index in [0.717, 1.165) is 15.9 Å². The van der Waals surface area contributed by atoms with E-state index in [1.54, 1.807) is 13.0 Å². The van der Waals surface area contributed by atoms with Crippen molar-refractivity contribution in [3.8, 4) is 5.13 Å². The number of nitrogens with one attached hydrogen (secondary N) is 1. The number of aliphatic imine (C=N–C) groups is 1. The van der Waals surface area contributed by atoms with Crippen molar-refractivity contribution in [1.82, 2.24) is 19.7 Å². The Hall–Kier alpha value is -3.59.